The number of likely N-dealkylation sites (tertiary alicyclic amines) is 1. The van der Waals surface area contributed by atoms with E-state index in [1.807, 2.05) is 35.2 Å². The molecule has 32 heavy (non-hydrogen) atoms. The second-order valence-electron chi connectivity index (χ2n) is 7.93. The van der Waals surface area contributed by atoms with Gasteiger partial charge in [-0.3, -0.25) is 9.59 Å². The highest BCUT2D eigenvalue weighted by atomic mass is 19.1. The summed E-state index contributed by atoms with van der Waals surface area (Å²) in [5, 5.41) is 13.9. The van der Waals surface area contributed by atoms with Crippen molar-refractivity contribution in [3.63, 3.8) is 0 Å². The van der Waals surface area contributed by atoms with E-state index in [1.54, 1.807) is 6.92 Å². The molecule has 1 fully saturated rings. The molecule has 1 aromatic heterocycles. The number of rotatable bonds is 6. The Morgan fingerprint density at radius 3 is 2.56 bits per heavy atom. The van der Waals surface area contributed by atoms with E-state index in [-0.39, 0.29) is 23.4 Å². The minimum absolute atomic E-state index is 0.118. The van der Waals surface area contributed by atoms with E-state index in [4.69, 9.17) is 0 Å². The van der Waals surface area contributed by atoms with Crippen molar-refractivity contribution in [1.29, 1.82) is 0 Å². The summed E-state index contributed by atoms with van der Waals surface area (Å²) >= 11 is 0. The summed E-state index contributed by atoms with van der Waals surface area (Å²) in [6, 6.07) is 14.2. The summed E-state index contributed by atoms with van der Waals surface area (Å²) in [5.41, 5.74) is 1.79. The summed E-state index contributed by atoms with van der Waals surface area (Å²) in [7, 11) is 0. The van der Waals surface area contributed by atoms with E-state index < -0.39 is 5.82 Å². The van der Waals surface area contributed by atoms with Crippen molar-refractivity contribution in [3.05, 3.63) is 65.7 Å². The number of carbonyl (C=O) groups is 2. The van der Waals surface area contributed by atoms with Crippen molar-refractivity contribution >= 4 is 17.5 Å². The van der Waals surface area contributed by atoms with Gasteiger partial charge in [0.15, 0.2) is 5.82 Å². The van der Waals surface area contributed by atoms with Gasteiger partial charge >= 0.3 is 0 Å². The number of nitrogens with one attached hydrogen (secondary N) is 1. The predicted molar refractivity (Wildman–Crippen MR) is 117 cm³/mol. The molecule has 4 rings (SSSR count). The molecule has 3 aromatic rings. The first-order valence-corrected chi connectivity index (χ1v) is 10.7. The summed E-state index contributed by atoms with van der Waals surface area (Å²) in [6.07, 6.45) is 2.38. The molecule has 1 aliphatic rings. The van der Waals surface area contributed by atoms with Crippen LogP contribution >= 0.6 is 0 Å². The lowest BCUT2D eigenvalue weighted by molar-refractivity contribution is -0.134. The molecule has 2 aromatic carbocycles. The lowest BCUT2D eigenvalue weighted by atomic mass is 9.95. The average Bonchev–Trinajstić information content (AvgIpc) is 3.25. The van der Waals surface area contributed by atoms with Crippen LogP contribution in [-0.2, 0) is 16.0 Å². The number of aryl methyl sites for hydroxylation is 2. The van der Waals surface area contributed by atoms with Crippen LogP contribution in [-0.4, -0.2) is 50.0 Å². The third kappa shape index (κ3) is 4.99. The van der Waals surface area contributed by atoms with Crippen molar-refractivity contribution in [2.24, 2.45) is 5.92 Å². The van der Waals surface area contributed by atoms with Crippen LogP contribution in [0.1, 0.15) is 30.7 Å². The minimum Gasteiger partial charge on any atom is -0.343 e. The van der Waals surface area contributed by atoms with Gasteiger partial charge in [0.05, 0.1) is 0 Å². The Balaban J connectivity index is 1.30. The van der Waals surface area contributed by atoms with Gasteiger partial charge in [0.25, 0.3) is 0 Å². The van der Waals surface area contributed by atoms with Gasteiger partial charge in [-0.1, -0.05) is 30.3 Å². The molecule has 8 nitrogen and oxygen atoms in total. The molecule has 2 amide bonds. The Kier molecular flexibility index (Phi) is 6.53. The monoisotopic (exact) mass is 436 g/mol. The third-order valence-electron chi connectivity index (χ3n) is 5.76. The normalized spacial score (nSPS) is 14.4. The zero-order chi connectivity index (χ0) is 22.5. The van der Waals surface area contributed by atoms with Crippen LogP contribution < -0.4 is 5.32 Å². The maximum Gasteiger partial charge on any atom is 0.227 e. The molecule has 0 unspecified atom stereocenters. The zero-order valence-electron chi connectivity index (χ0n) is 17.9. The Bertz CT molecular complexity index is 1090. The van der Waals surface area contributed by atoms with Crippen molar-refractivity contribution in [3.8, 4) is 5.69 Å². The highest BCUT2D eigenvalue weighted by molar-refractivity contribution is 5.93. The van der Waals surface area contributed by atoms with Gasteiger partial charge < -0.3 is 10.2 Å². The van der Waals surface area contributed by atoms with Crippen molar-refractivity contribution in [2.45, 2.75) is 32.6 Å². The van der Waals surface area contributed by atoms with Gasteiger partial charge in [-0.25, -0.2) is 4.39 Å². The molecule has 2 heterocycles. The number of benzene rings is 2. The first-order valence-electron chi connectivity index (χ1n) is 10.7. The second kappa shape index (κ2) is 9.67. The molecule has 0 radical (unpaired) electrons. The topological polar surface area (TPSA) is 93.0 Å². The summed E-state index contributed by atoms with van der Waals surface area (Å²) in [4.78, 5) is 27.1. The van der Waals surface area contributed by atoms with Crippen molar-refractivity contribution in [2.75, 3.05) is 18.4 Å². The zero-order valence-corrected chi connectivity index (χ0v) is 17.9. The second-order valence-corrected chi connectivity index (χ2v) is 7.93. The summed E-state index contributed by atoms with van der Waals surface area (Å²) in [5.74, 6) is -0.256. The minimum atomic E-state index is -0.485. The van der Waals surface area contributed by atoms with Gasteiger partial charge in [0, 0.05) is 31.1 Å². The molecule has 1 saturated heterocycles. The fourth-order valence-electron chi connectivity index (χ4n) is 3.90. The van der Waals surface area contributed by atoms with Crippen molar-refractivity contribution < 1.29 is 14.0 Å². The van der Waals surface area contributed by atoms with Crippen molar-refractivity contribution in [1.82, 2.24) is 25.1 Å². The van der Waals surface area contributed by atoms with E-state index in [9.17, 15) is 14.0 Å². The third-order valence-corrected chi connectivity index (χ3v) is 5.76. The Morgan fingerprint density at radius 2 is 1.88 bits per heavy atom. The first-order chi connectivity index (χ1) is 15.5. The van der Waals surface area contributed by atoms with Crippen LogP contribution in [0.5, 0.6) is 0 Å². The molecule has 1 aliphatic heterocycles. The van der Waals surface area contributed by atoms with Crippen LogP contribution in [0.15, 0.2) is 48.5 Å². The smallest absolute Gasteiger partial charge is 0.227 e. The van der Waals surface area contributed by atoms with E-state index in [2.05, 4.69) is 20.8 Å². The number of hydrogen-bond acceptors (Lipinski definition) is 5. The average molecular weight is 436 g/mol. The molecule has 1 N–H and O–H groups in total. The number of nitrogens with zero attached hydrogens (tertiary/aromatic N) is 5. The van der Waals surface area contributed by atoms with Crippen LogP contribution in [0, 0.1) is 18.7 Å². The van der Waals surface area contributed by atoms with Gasteiger partial charge in [-0.2, -0.15) is 4.68 Å². The standard InChI is InChI=1S/C23H25FN6O2/c1-16-26-27-28-30(16)21-15-19(8-9-20(21)24)25-23(32)18-11-13-29(14-12-18)22(31)10-7-17-5-3-2-4-6-17/h2-6,8-9,15,18H,7,10-14H2,1H3,(H,25,32). The highest BCUT2D eigenvalue weighted by Gasteiger charge is 2.27. The van der Waals surface area contributed by atoms with E-state index >= 15 is 0 Å². The predicted octanol–water partition coefficient (Wildman–Crippen LogP) is 2.92. The van der Waals surface area contributed by atoms with Crippen LogP contribution in [0.2, 0.25) is 0 Å². The molecule has 0 atom stereocenters. The lowest BCUT2D eigenvalue weighted by Crippen LogP contribution is -2.41. The Hall–Kier alpha value is -3.62. The number of tetrazole rings is 1. The fraction of sp³-hybridized carbons (Fsp3) is 0.348. The van der Waals surface area contributed by atoms with Gasteiger partial charge in [0.2, 0.25) is 11.8 Å². The van der Waals surface area contributed by atoms with Crippen LogP contribution in [0.4, 0.5) is 10.1 Å². The van der Waals surface area contributed by atoms with Gasteiger partial charge in [-0.05, 0) is 60.4 Å². The Morgan fingerprint density at radius 1 is 1.12 bits per heavy atom. The summed E-state index contributed by atoms with van der Waals surface area (Å²) in [6.45, 7) is 2.79. The first kappa shape index (κ1) is 21.6. The largest absolute Gasteiger partial charge is 0.343 e. The molecule has 0 saturated carbocycles. The van der Waals surface area contributed by atoms with Crippen LogP contribution in [0.25, 0.3) is 5.69 Å². The van der Waals surface area contributed by atoms with E-state index in [0.29, 0.717) is 50.3 Å². The maximum atomic E-state index is 14.2. The quantitative estimate of drug-likeness (QED) is 0.641. The molecule has 0 aliphatic carbocycles. The molecule has 166 valence electrons. The number of hydrogen-bond donors (Lipinski definition) is 1. The fourth-order valence-corrected chi connectivity index (χ4v) is 3.90. The van der Waals surface area contributed by atoms with Crippen LogP contribution in [0.3, 0.4) is 0 Å². The number of aromatic nitrogens is 4. The number of amides is 2. The SMILES string of the molecule is Cc1nnnn1-c1cc(NC(=O)C2CCN(C(=O)CCc3ccccc3)CC2)ccc1F. The number of halogens is 1. The lowest BCUT2D eigenvalue weighted by Gasteiger charge is -2.31. The highest BCUT2D eigenvalue weighted by Crippen LogP contribution is 2.23. The molecule has 9 heteroatoms. The number of piperidine rings is 1. The molecular weight excluding hydrogens is 411 g/mol. The van der Waals surface area contributed by atoms with Gasteiger partial charge in [0.1, 0.15) is 11.5 Å². The molecular formula is C23H25FN6O2. The molecule has 0 spiro atoms. The van der Waals surface area contributed by atoms with Gasteiger partial charge in [-0.15, -0.1) is 5.10 Å². The van der Waals surface area contributed by atoms with E-state index in [0.717, 1.165) is 5.56 Å². The maximum absolute atomic E-state index is 14.2. The van der Waals surface area contributed by atoms with E-state index in [1.165, 1.54) is 22.9 Å². The number of carbonyl (C=O) groups excluding carboxylic acids is 2. The Labute approximate surface area is 185 Å². The summed E-state index contributed by atoms with van der Waals surface area (Å²) < 4.78 is 15.5. The number of anilines is 1. The molecule has 0 bridgehead atoms.